The second kappa shape index (κ2) is 7.87. The summed E-state index contributed by atoms with van der Waals surface area (Å²) in [7, 11) is -2.25. The number of sulfonamides is 1. The van der Waals surface area contributed by atoms with Crippen molar-refractivity contribution in [2.45, 2.75) is 43.0 Å². The van der Waals surface area contributed by atoms with Crippen LogP contribution in [0, 0.1) is 5.92 Å². The van der Waals surface area contributed by atoms with E-state index in [9.17, 15) is 13.2 Å². The molecule has 2 aliphatic carbocycles. The zero-order chi connectivity index (χ0) is 25.5. The summed E-state index contributed by atoms with van der Waals surface area (Å²) in [5, 5.41) is 15.5. The number of nitrogens with two attached hydrogens (primary N) is 1. The lowest BCUT2D eigenvalue weighted by molar-refractivity contribution is 0.596. The van der Waals surface area contributed by atoms with Gasteiger partial charge in [0.15, 0.2) is 0 Å². The maximum atomic E-state index is 14.2. The third-order valence-corrected chi connectivity index (χ3v) is 8.33. The van der Waals surface area contributed by atoms with Crippen LogP contribution >= 0.6 is 0 Å². The summed E-state index contributed by atoms with van der Waals surface area (Å²) in [6.45, 7) is 0.617. The molecular formula is C27H26N6O3S. The highest BCUT2D eigenvalue weighted by Crippen LogP contribution is 2.41. The highest BCUT2D eigenvalue weighted by atomic mass is 32.2. The Kier molecular flexibility index (Phi) is 4.77. The van der Waals surface area contributed by atoms with Crippen molar-refractivity contribution < 1.29 is 8.42 Å². The molecule has 37 heavy (non-hydrogen) atoms. The second-order valence-corrected chi connectivity index (χ2v) is 11.9. The van der Waals surface area contributed by atoms with Crippen LogP contribution in [0.4, 0.5) is 0 Å². The van der Waals surface area contributed by atoms with Gasteiger partial charge < -0.3 is 4.57 Å². The second-order valence-electron chi connectivity index (χ2n) is 10.4. The predicted molar refractivity (Wildman–Crippen MR) is 141 cm³/mol. The van der Waals surface area contributed by atoms with Gasteiger partial charge in [-0.15, -0.1) is 0 Å². The summed E-state index contributed by atoms with van der Waals surface area (Å²) in [5.41, 5.74) is 4.13. The lowest BCUT2D eigenvalue weighted by atomic mass is 10.0. The van der Waals surface area contributed by atoms with Gasteiger partial charge in [-0.05, 0) is 66.8 Å². The van der Waals surface area contributed by atoms with Gasteiger partial charge in [0.1, 0.15) is 10.4 Å². The number of benzene rings is 2. The number of aromatic nitrogens is 5. The third-order valence-electron chi connectivity index (χ3n) is 7.41. The van der Waals surface area contributed by atoms with Crippen molar-refractivity contribution in [2.24, 2.45) is 18.1 Å². The molecule has 2 aromatic carbocycles. The van der Waals surface area contributed by atoms with Crippen LogP contribution in [-0.2, 0) is 23.6 Å². The van der Waals surface area contributed by atoms with E-state index in [0.29, 0.717) is 35.1 Å². The van der Waals surface area contributed by atoms with E-state index >= 15 is 0 Å². The number of primary sulfonamides is 1. The molecular weight excluding hydrogens is 488 g/mol. The van der Waals surface area contributed by atoms with E-state index in [-0.39, 0.29) is 16.0 Å². The number of hydrogen-bond donors (Lipinski definition) is 1. The summed E-state index contributed by atoms with van der Waals surface area (Å²) in [6, 6.07) is 13.5. The van der Waals surface area contributed by atoms with Crippen molar-refractivity contribution in [3.05, 3.63) is 70.8 Å². The lowest BCUT2D eigenvalue weighted by Crippen LogP contribution is -2.24. The number of aryl methyl sites for hydroxylation is 1. The van der Waals surface area contributed by atoms with Crippen molar-refractivity contribution in [3.63, 3.8) is 0 Å². The SMILES string of the molecule is Cn1cc2cc(-n3nc4c(S(N)(=O)=O)cn(CC5CC5)c4c(-c4ccc(C5CC5)cc4)c3=O)ccc2n1. The Morgan fingerprint density at radius 3 is 2.43 bits per heavy atom. The minimum Gasteiger partial charge on any atom is -0.344 e. The maximum absolute atomic E-state index is 14.2. The topological polar surface area (TPSA) is 118 Å². The highest BCUT2D eigenvalue weighted by Gasteiger charge is 2.29. The molecule has 188 valence electrons. The van der Waals surface area contributed by atoms with Gasteiger partial charge in [-0.1, -0.05) is 24.3 Å². The van der Waals surface area contributed by atoms with Crippen molar-refractivity contribution in [2.75, 3.05) is 0 Å². The number of rotatable bonds is 6. The molecule has 0 radical (unpaired) electrons. The Morgan fingerprint density at radius 1 is 1.00 bits per heavy atom. The van der Waals surface area contributed by atoms with Gasteiger partial charge in [0.25, 0.3) is 5.56 Å². The molecule has 9 nitrogen and oxygen atoms in total. The van der Waals surface area contributed by atoms with Crippen molar-refractivity contribution in [1.82, 2.24) is 24.1 Å². The summed E-state index contributed by atoms with van der Waals surface area (Å²) >= 11 is 0. The van der Waals surface area contributed by atoms with Crippen molar-refractivity contribution in [1.29, 1.82) is 0 Å². The first-order valence-corrected chi connectivity index (χ1v) is 14.0. The lowest BCUT2D eigenvalue weighted by Gasteiger charge is -2.13. The molecule has 2 saturated carbocycles. The molecule has 7 rings (SSSR count). The molecule has 5 aromatic rings. The van der Waals surface area contributed by atoms with Gasteiger partial charge in [-0.2, -0.15) is 14.9 Å². The standard InChI is InChI=1S/C27H26N6O3S/c1-31-14-20-12-21(10-11-22(20)29-31)33-27(34)24(19-8-6-18(7-9-19)17-4-5-17)26-25(30-33)23(37(28,35)36)15-32(26)13-16-2-3-16/h6-12,14-17H,2-5,13H2,1H3,(H2,28,35,36). The van der Waals surface area contributed by atoms with Gasteiger partial charge in [-0.3, -0.25) is 9.48 Å². The fraction of sp³-hybridized carbons (Fsp3) is 0.296. The minimum absolute atomic E-state index is 0.0739. The van der Waals surface area contributed by atoms with E-state index in [1.54, 1.807) is 16.9 Å². The maximum Gasteiger partial charge on any atom is 0.281 e. The number of fused-ring (bicyclic) bond motifs is 2. The Balaban J connectivity index is 1.54. The van der Waals surface area contributed by atoms with Gasteiger partial charge in [0.05, 0.1) is 22.3 Å². The van der Waals surface area contributed by atoms with Crippen molar-refractivity contribution >= 4 is 32.0 Å². The first kappa shape index (κ1) is 22.4. The Hall–Kier alpha value is -3.76. The predicted octanol–water partition coefficient (Wildman–Crippen LogP) is 3.68. The molecule has 0 atom stereocenters. The van der Waals surface area contributed by atoms with E-state index in [1.807, 2.05) is 42.1 Å². The normalized spacial score (nSPS) is 16.2. The first-order chi connectivity index (χ1) is 17.8. The molecule has 3 heterocycles. The molecule has 3 aromatic heterocycles. The quantitative estimate of drug-likeness (QED) is 0.371. The average Bonchev–Trinajstić information content (AvgIpc) is 3.78. The zero-order valence-electron chi connectivity index (χ0n) is 20.3. The van der Waals surface area contributed by atoms with Crippen LogP contribution in [0.2, 0.25) is 0 Å². The Labute approximate surface area is 213 Å². The van der Waals surface area contributed by atoms with Crippen LogP contribution in [0.1, 0.15) is 37.2 Å². The highest BCUT2D eigenvalue weighted by molar-refractivity contribution is 7.89. The van der Waals surface area contributed by atoms with E-state index in [1.165, 1.54) is 23.1 Å². The summed E-state index contributed by atoms with van der Waals surface area (Å²) in [5.74, 6) is 1.03. The van der Waals surface area contributed by atoms with E-state index in [0.717, 1.165) is 29.3 Å². The Morgan fingerprint density at radius 2 is 1.76 bits per heavy atom. The van der Waals surface area contributed by atoms with Crippen LogP contribution in [-0.4, -0.2) is 32.5 Å². The molecule has 0 amide bonds. The molecule has 2 aliphatic rings. The van der Waals surface area contributed by atoms with Crippen LogP contribution in [0.3, 0.4) is 0 Å². The minimum atomic E-state index is -4.09. The van der Waals surface area contributed by atoms with Gasteiger partial charge >= 0.3 is 0 Å². The molecule has 0 spiro atoms. The van der Waals surface area contributed by atoms with Crippen LogP contribution < -0.4 is 10.7 Å². The zero-order valence-corrected chi connectivity index (χ0v) is 21.1. The van der Waals surface area contributed by atoms with E-state index in [4.69, 9.17) is 5.14 Å². The third kappa shape index (κ3) is 3.87. The number of nitrogens with zero attached hydrogens (tertiary/aromatic N) is 5. The van der Waals surface area contributed by atoms with Crippen molar-refractivity contribution in [3.8, 4) is 16.8 Å². The van der Waals surface area contributed by atoms with E-state index in [2.05, 4.69) is 22.3 Å². The molecule has 0 aliphatic heterocycles. The summed E-state index contributed by atoms with van der Waals surface area (Å²) in [6.07, 6.45) is 7.93. The Bertz CT molecular complexity index is 1870. The van der Waals surface area contributed by atoms with Gasteiger partial charge in [0, 0.05) is 31.4 Å². The molecule has 2 fully saturated rings. The number of hydrogen-bond acceptors (Lipinski definition) is 5. The largest absolute Gasteiger partial charge is 0.344 e. The summed E-state index contributed by atoms with van der Waals surface area (Å²) < 4.78 is 30.2. The molecule has 0 bridgehead atoms. The first-order valence-electron chi connectivity index (χ1n) is 12.5. The fourth-order valence-corrected chi connectivity index (χ4v) is 5.89. The smallest absolute Gasteiger partial charge is 0.281 e. The van der Waals surface area contributed by atoms with E-state index < -0.39 is 10.0 Å². The summed E-state index contributed by atoms with van der Waals surface area (Å²) in [4.78, 5) is 14.1. The van der Waals surface area contributed by atoms with Crippen LogP contribution in [0.15, 0.2) is 64.5 Å². The van der Waals surface area contributed by atoms with Gasteiger partial charge in [-0.25, -0.2) is 13.6 Å². The van der Waals surface area contributed by atoms with Crippen LogP contribution in [0.5, 0.6) is 0 Å². The van der Waals surface area contributed by atoms with Crippen LogP contribution in [0.25, 0.3) is 38.8 Å². The average molecular weight is 515 g/mol. The molecule has 2 N–H and O–H groups in total. The van der Waals surface area contributed by atoms with Gasteiger partial charge in [0.2, 0.25) is 10.0 Å². The molecule has 0 saturated heterocycles. The molecule has 0 unspecified atom stereocenters. The fourth-order valence-electron chi connectivity index (χ4n) is 5.20. The monoisotopic (exact) mass is 514 g/mol. The molecule has 10 heteroatoms.